The number of ether oxygens (including phenoxy) is 1. The topological polar surface area (TPSA) is 24.8 Å². The average Bonchev–Trinajstić information content (AvgIpc) is 2.66. The minimum Gasteiger partial charge on any atom is -0.497 e. The molecule has 2 atom stereocenters. The Morgan fingerprint density at radius 2 is 1.88 bits per heavy atom. The average molecular weight is 336 g/mol. The van der Waals surface area contributed by atoms with E-state index in [1.54, 1.807) is 7.11 Å². The van der Waals surface area contributed by atoms with Gasteiger partial charge in [-0.15, -0.1) is 0 Å². The molecule has 0 spiro atoms. The zero-order valence-corrected chi connectivity index (χ0v) is 15.7. The Morgan fingerprint density at radius 1 is 1.12 bits per heavy atom. The lowest BCUT2D eigenvalue weighted by Gasteiger charge is -2.39. The lowest BCUT2D eigenvalue weighted by atomic mass is 9.90. The van der Waals surface area contributed by atoms with Crippen molar-refractivity contribution < 1.29 is 4.74 Å². The molecule has 1 aliphatic rings. The van der Waals surface area contributed by atoms with Crippen LogP contribution in [0.15, 0.2) is 53.5 Å². The molecule has 0 radical (unpaired) electrons. The molecule has 0 aliphatic carbocycles. The highest BCUT2D eigenvalue weighted by Gasteiger charge is 2.31. The molecule has 25 heavy (non-hydrogen) atoms. The molecule has 132 valence electrons. The summed E-state index contributed by atoms with van der Waals surface area (Å²) in [6.07, 6.45) is 3.45. The maximum atomic E-state index is 5.43. The van der Waals surface area contributed by atoms with Crippen molar-refractivity contribution >= 4 is 11.5 Å². The van der Waals surface area contributed by atoms with Crippen LogP contribution in [-0.4, -0.2) is 24.9 Å². The zero-order valence-electron chi connectivity index (χ0n) is 15.7. The number of hydrogen-bond donors (Lipinski definition) is 0. The summed E-state index contributed by atoms with van der Waals surface area (Å²) in [5.41, 5.74) is 3.58. The highest BCUT2D eigenvalue weighted by molar-refractivity contribution is 5.90. The molecule has 1 heterocycles. The minimum absolute atomic E-state index is 0.195. The molecule has 2 unspecified atom stereocenters. The molecule has 3 heteroatoms. The number of aliphatic imine (C=N–C) groups is 1. The quantitative estimate of drug-likeness (QED) is 0.687. The van der Waals surface area contributed by atoms with E-state index in [9.17, 15) is 0 Å². The van der Waals surface area contributed by atoms with Crippen LogP contribution in [0, 0.1) is 5.92 Å². The molecular formula is C22H28N2O. The van der Waals surface area contributed by atoms with Crippen molar-refractivity contribution in [2.75, 3.05) is 14.2 Å². The summed E-state index contributed by atoms with van der Waals surface area (Å²) in [6.45, 7) is 4.51. The van der Waals surface area contributed by atoms with E-state index in [1.807, 2.05) is 6.07 Å². The van der Waals surface area contributed by atoms with Crippen LogP contribution >= 0.6 is 0 Å². The normalized spacial score (nSPS) is 17.7. The Bertz CT molecular complexity index is 739. The largest absolute Gasteiger partial charge is 0.497 e. The maximum Gasteiger partial charge on any atom is 0.121 e. The molecule has 1 aliphatic heterocycles. The van der Waals surface area contributed by atoms with Gasteiger partial charge in [0.2, 0.25) is 0 Å². The van der Waals surface area contributed by atoms with Crippen molar-refractivity contribution in [1.82, 2.24) is 4.90 Å². The van der Waals surface area contributed by atoms with Crippen molar-refractivity contribution in [1.29, 1.82) is 0 Å². The number of benzene rings is 2. The number of amidine groups is 1. The molecule has 2 aromatic carbocycles. The van der Waals surface area contributed by atoms with E-state index in [1.165, 1.54) is 29.8 Å². The Morgan fingerprint density at radius 3 is 2.52 bits per heavy atom. The summed E-state index contributed by atoms with van der Waals surface area (Å²) < 4.78 is 5.43. The second-order valence-corrected chi connectivity index (χ2v) is 6.71. The predicted molar refractivity (Wildman–Crippen MR) is 105 cm³/mol. The third-order valence-electron chi connectivity index (χ3n) is 5.13. The van der Waals surface area contributed by atoms with E-state index in [4.69, 9.17) is 9.73 Å². The first-order valence-corrected chi connectivity index (χ1v) is 9.23. The first kappa shape index (κ1) is 17.5. The zero-order chi connectivity index (χ0) is 17.8. The van der Waals surface area contributed by atoms with E-state index in [2.05, 4.69) is 68.3 Å². The van der Waals surface area contributed by atoms with Crippen LogP contribution in [-0.2, 0) is 0 Å². The number of nitrogens with zero attached hydrogens (tertiary/aromatic N) is 2. The molecule has 0 aromatic heterocycles. The lowest BCUT2D eigenvalue weighted by Crippen LogP contribution is -2.38. The van der Waals surface area contributed by atoms with Gasteiger partial charge >= 0.3 is 0 Å². The third kappa shape index (κ3) is 3.41. The summed E-state index contributed by atoms with van der Waals surface area (Å²) in [5.74, 6) is 2.54. The molecule has 0 amide bonds. The van der Waals surface area contributed by atoms with Gasteiger partial charge in [-0.3, -0.25) is 0 Å². The summed E-state index contributed by atoms with van der Waals surface area (Å²) in [5, 5.41) is 0. The molecule has 3 rings (SSSR count). The van der Waals surface area contributed by atoms with Gasteiger partial charge in [0, 0.05) is 24.6 Å². The standard InChI is InChI=1S/C22H28N2O/c1-5-10-16(6-2)22-23-20-15-18(25-4)13-14-19(20)21(24(22)3)17-11-8-7-9-12-17/h7-9,11-16,21H,5-6,10H2,1-4H3. The number of fused-ring (bicyclic) bond motifs is 1. The maximum absolute atomic E-state index is 5.43. The van der Waals surface area contributed by atoms with E-state index >= 15 is 0 Å². The van der Waals surface area contributed by atoms with Gasteiger partial charge in [-0.2, -0.15) is 0 Å². The second-order valence-electron chi connectivity index (χ2n) is 6.71. The van der Waals surface area contributed by atoms with Gasteiger partial charge in [-0.1, -0.05) is 56.7 Å². The second kappa shape index (κ2) is 7.73. The first-order valence-electron chi connectivity index (χ1n) is 9.23. The fourth-order valence-electron chi connectivity index (χ4n) is 3.80. The summed E-state index contributed by atoms with van der Waals surface area (Å²) >= 11 is 0. The summed E-state index contributed by atoms with van der Waals surface area (Å²) in [4.78, 5) is 7.43. The Hall–Kier alpha value is -2.29. The van der Waals surface area contributed by atoms with E-state index < -0.39 is 0 Å². The molecule has 0 bridgehead atoms. The van der Waals surface area contributed by atoms with Crippen molar-refractivity contribution in [2.24, 2.45) is 10.9 Å². The Kier molecular flexibility index (Phi) is 5.42. The molecule has 0 saturated carbocycles. The van der Waals surface area contributed by atoms with Crippen LogP contribution in [0.3, 0.4) is 0 Å². The fraction of sp³-hybridized carbons (Fsp3) is 0.409. The van der Waals surface area contributed by atoms with Gasteiger partial charge in [0.1, 0.15) is 11.6 Å². The molecular weight excluding hydrogens is 308 g/mol. The molecule has 0 fully saturated rings. The Balaban J connectivity index is 2.13. The first-order chi connectivity index (χ1) is 12.2. The van der Waals surface area contributed by atoms with E-state index in [-0.39, 0.29) is 6.04 Å². The molecule has 0 saturated heterocycles. The highest BCUT2D eigenvalue weighted by Crippen LogP contribution is 2.41. The van der Waals surface area contributed by atoms with Gasteiger partial charge in [0.25, 0.3) is 0 Å². The monoisotopic (exact) mass is 336 g/mol. The minimum atomic E-state index is 0.195. The van der Waals surface area contributed by atoms with Crippen molar-refractivity contribution in [3.05, 3.63) is 59.7 Å². The lowest BCUT2D eigenvalue weighted by molar-refractivity contribution is 0.381. The van der Waals surface area contributed by atoms with Gasteiger partial charge < -0.3 is 9.64 Å². The third-order valence-corrected chi connectivity index (χ3v) is 5.13. The van der Waals surface area contributed by atoms with Crippen LogP contribution < -0.4 is 4.74 Å². The summed E-state index contributed by atoms with van der Waals surface area (Å²) in [6, 6.07) is 17.2. The number of hydrogen-bond acceptors (Lipinski definition) is 3. The molecule has 0 N–H and O–H groups in total. The van der Waals surface area contributed by atoms with Gasteiger partial charge in [0.15, 0.2) is 0 Å². The fourth-order valence-corrected chi connectivity index (χ4v) is 3.80. The molecule has 3 nitrogen and oxygen atoms in total. The number of methoxy groups -OCH3 is 1. The van der Waals surface area contributed by atoms with Gasteiger partial charge in [0.05, 0.1) is 18.8 Å². The predicted octanol–water partition coefficient (Wildman–Crippen LogP) is 5.59. The SMILES string of the molecule is CCCC(CC)C1=Nc2cc(OC)ccc2C(c2ccccc2)N1C. The van der Waals surface area contributed by atoms with Crippen LogP contribution in [0.5, 0.6) is 5.75 Å². The van der Waals surface area contributed by atoms with Crippen LogP contribution in [0.4, 0.5) is 5.69 Å². The highest BCUT2D eigenvalue weighted by atomic mass is 16.5. The van der Waals surface area contributed by atoms with Crippen molar-refractivity contribution in [2.45, 2.75) is 39.2 Å². The number of rotatable bonds is 6. The van der Waals surface area contributed by atoms with E-state index in [0.29, 0.717) is 5.92 Å². The van der Waals surface area contributed by atoms with Gasteiger partial charge in [-0.25, -0.2) is 4.99 Å². The van der Waals surface area contributed by atoms with Crippen LogP contribution in [0.1, 0.15) is 50.3 Å². The Labute approximate surface area is 151 Å². The summed E-state index contributed by atoms with van der Waals surface area (Å²) in [7, 11) is 3.89. The van der Waals surface area contributed by atoms with Gasteiger partial charge in [-0.05, 0) is 24.5 Å². The van der Waals surface area contributed by atoms with Crippen molar-refractivity contribution in [3.63, 3.8) is 0 Å². The van der Waals surface area contributed by atoms with Crippen LogP contribution in [0.2, 0.25) is 0 Å². The van der Waals surface area contributed by atoms with Crippen molar-refractivity contribution in [3.8, 4) is 5.75 Å². The molecule has 2 aromatic rings. The van der Waals surface area contributed by atoms with E-state index in [0.717, 1.165) is 17.9 Å². The van der Waals surface area contributed by atoms with Crippen LogP contribution in [0.25, 0.3) is 0 Å². The smallest absolute Gasteiger partial charge is 0.121 e.